The number of hydrogen-bond acceptors (Lipinski definition) is 3. The van der Waals surface area contributed by atoms with Gasteiger partial charge in [0.15, 0.2) is 0 Å². The molecule has 1 heterocycles. The van der Waals surface area contributed by atoms with Crippen LogP contribution in [-0.2, 0) is 7.05 Å². The van der Waals surface area contributed by atoms with Crippen molar-refractivity contribution in [3.05, 3.63) is 24.3 Å². The Morgan fingerprint density at radius 3 is 1.87 bits per heavy atom. The molecule has 0 aliphatic heterocycles. The summed E-state index contributed by atoms with van der Waals surface area (Å²) in [5.74, 6) is 0. The molecule has 0 N–H and O–H groups in total. The number of rotatable bonds is 7. The molecule has 2 rings (SSSR count). The van der Waals surface area contributed by atoms with E-state index in [0.717, 1.165) is 31.7 Å². The van der Waals surface area contributed by atoms with E-state index in [4.69, 9.17) is 4.98 Å². The molecule has 2 aromatic rings. The number of aryl methyl sites for hydroxylation is 1. The topological polar surface area (TPSA) is 24.3 Å². The van der Waals surface area contributed by atoms with Gasteiger partial charge in [0.1, 0.15) is 0 Å². The van der Waals surface area contributed by atoms with Gasteiger partial charge in [0.2, 0.25) is 7.56 Å². The van der Waals surface area contributed by atoms with Gasteiger partial charge in [-0.15, -0.1) is 0 Å². The Morgan fingerprint density at radius 2 is 1.43 bits per heavy atom. The largest absolute Gasteiger partial charge is 1.00 e. The van der Waals surface area contributed by atoms with E-state index in [-0.39, 0.29) is 24.0 Å². The average Bonchev–Trinajstić information content (AvgIpc) is 2.87. The van der Waals surface area contributed by atoms with Crippen LogP contribution in [0.4, 0.5) is 0 Å². The quantitative estimate of drug-likeness (QED) is 0.452. The second-order valence-corrected chi connectivity index (χ2v) is 9.01. The Bertz CT molecular complexity index is 608. The minimum atomic E-state index is -1.63. The number of fused-ring (bicyclic) bond motifs is 1. The van der Waals surface area contributed by atoms with Crippen molar-refractivity contribution in [2.24, 2.45) is 7.05 Å². The van der Waals surface area contributed by atoms with Crippen molar-refractivity contribution >= 4 is 24.2 Å². The van der Waals surface area contributed by atoms with Crippen LogP contribution < -0.4 is 29.5 Å². The van der Waals surface area contributed by atoms with Crippen LogP contribution in [0.2, 0.25) is 0 Å². The second kappa shape index (κ2) is 8.75. The molecule has 1 aromatic carbocycles. The molecular weight excluding hydrogens is 418 g/mol. The van der Waals surface area contributed by atoms with E-state index in [1.807, 2.05) is 0 Å². The highest BCUT2D eigenvalue weighted by Crippen LogP contribution is 2.59. The minimum absolute atomic E-state index is 0. The molecule has 0 bridgehead atoms. The van der Waals surface area contributed by atoms with Crippen LogP contribution in [-0.4, -0.2) is 51.7 Å². The summed E-state index contributed by atoms with van der Waals surface area (Å²) in [5.41, 5.74) is 3.56. The zero-order valence-electron chi connectivity index (χ0n) is 15.3. The summed E-state index contributed by atoms with van der Waals surface area (Å²) in [6, 6.07) is 8.45. The van der Waals surface area contributed by atoms with Gasteiger partial charge >= 0.3 is 0 Å². The molecule has 6 heteroatoms. The summed E-state index contributed by atoms with van der Waals surface area (Å²) in [5, 5.41) is 0. The molecule has 0 atom stereocenters. The molecule has 0 fully saturated rings. The normalized spacial score (nSPS) is 12.2. The van der Waals surface area contributed by atoms with Gasteiger partial charge in [-0.05, 0) is 39.8 Å². The summed E-state index contributed by atoms with van der Waals surface area (Å²) in [7, 11) is 0.529. The minimum Gasteiger partial charge on any atom is -1.00 e. The predicted octanol–water partition coefficient (Wildman–Crippen LogP) is 0.364. The SMILES string of the molecule is CCN(CC)[P+](C)(c1nc2ccccc2n1C)N(CC)CC.[I-]. The van der Waals surface area contributed by atoms with E-state index in [1.54, 1.807) is 0 Å². The maximum atomic E-state index is 5.05. The van der Waals surface area contributed by atoms with Crippen LogP contribution in [0.15, 0.2) is 24.3 Å². The smallest absolute Gasteiger partial charge is 0.294 e. The molecule has 0 saturated carbocycles. The molecule has 0 amide bonds. The van der Waals surface area contributed by atoms with Gasteiger partial charge < -0.3 is 24.0 Å². The van der Waals surface area contributed by atoms with Crippen molar-refractivity contribution in [2.75, 3.05) is 32.8 Å². The number of nitrogens with zero attached hydrogens (tertiary/aromatic N) is 4. The standard InChI is InChI=1S/C17H30N4P.HI/c1-7-20(8-2)22(6,21(9-3)10-4)17-18-15-13-11-12-14-16(15)19(17)5;/h11-14H,7-10H2,1-6H3;1H/q+1;/p-1. The van der Waals surface area contributed by atoms with Crippen molar-refractivity contribution in [2.45, 2.75) is 27.7 Å². The van der Waals surface area contributed by atoms with E-state index < -0.39 is 7.56 Å². The zero-order chi connectivity index (χ0) is 16.3. The number of hydrogen-bond donors (Lipinski definition) is 0. The lowest BCUT2D eigenvalue weighted by molar-refractivity contribution is -0.00000519. The van der Waals surface area contributed by atoms with Crippen molar-refractivity contribution in [3.63, 3.8) is 0 Å². The van der Waals surface area contributed by atoms with Crippen molar-refractivity contribution in [3.8, 4) is 0 Å². The van der Waals surface area contributed by atoms with Crippen LogP contribution >= 0.6 is 7.56 Å². The van der Waals surface area contributed by atoms with Crippen molar-refractivity contribution in [1.29, 1.82) is 0 Å². The first-order chi connectivity index (χ1) is 10.5. The van der Waals surface area contributed by atoms with Crippen LogP contribution in [0.1, 0.15) is 27.7 Å². The van der Waals surface area contributed by atoms with E-state index in [1.165, 1.54) is 11.1 Å². The van der Waals surface area contributed by atoms with Crippen LogP contribution in [0.5, 0.6) is 0 Å². The molecule has 0 saturated heterocycles. The lowest BCUT2D eigenvalue weighted by atomic mass is 10.3. The highest BCUT2D eigenvalue weighted by molar-refractivity contribution is 7.77. The van der Waals surface area contributed by atoms with Gasteiger partial charge in [-0.3, -0.25) is 4.57 Å². The highest BCUT2D eigenvalue weighted by atomic mass is 127. The summed E-state index contributed by atoms with van der Waals surface area (Å²) < 4.78 is 7.53. The summed E-state index contributed by atoms with van der Waals surface area (Å²) in [6.45, 7) is 15.7. The number of halogens is 1. The molecule has 130 valence electrons. The maximum Gasteiger partial charge on any atom is 0.294 e. The fourth-order valence-corrected chi connectivity index (χ4v) is 7.53. The van der Waals surface area contributed by atoms with Gasteiger partial charge in [-0.25, -0.2) is 0 Å². The predicted molar refractivity (Wildman–Crippen MR) is 99.0 cm³/mol. The Labute approximate surface area is 158 Å². The summed E-state index contributed by atoms with van der Waals surface area (Å²) in [6.07, 6.45) is 0. The molecular formula is C17H30IN4P. The number of aromatic nitrogens is 2. The van der Waals surface area contributed by atoms with Crippen molar-refractivity contribution in [1.82, 2.24) is 18.9 Å². The molecule has 0 unspecified atom stereocenters. The molecule has 0 spiro atoms. The Kier molecular flexibility index (Phi) is 7.91. The average molecular weight is 448 g/mol. The van der Waals surface area contributed by atoms with Crippen LogP contribution in [0, 0.1) is 0 Å². The number of para-hydroxylation sites is 2. The third-order valence-corrected chi connectivity index (χ3v) is 9.20. The summed E-state index contributed by atoms with van der Waals surface area (Å²) >= 11 is 0. The monoisotopic (exact) mass is 448 g/mol. The van der Waals surface area contributed by atoms with Crippen molar-refractivity contribution < 1.29 is 24.0 Å². The highest BCUT2D eigenvalue weighted by Gasteiger charge is 2.50. The van der Waals surface area contributed by atoms with Crippen LogP contribution in [0.3, 0.4) is 0 Å². The van der Waals surface area contributed by atoms with Gasteiger partial charge in [0, 0.05) is 33.2 Å². The van der Waals surface area contributed by atoms with Gasteiger partial charge in [-0.1, -0.05) is 12.1 Å². The Hall–Kier alpha value is -0.230. The molecule has 0 radical (unpaired) electrons. The van der Waals surface area contributed by atoms with E-state index >= 15 is 0 Å². The second-order valence-electron chi connectivity index (χ2n) is 5.65. The number of imidazole rings is 1. The van der Waals surface area contributed by atoms with E-state index in [0.29, 0.717) is 0 Å². The molecule has 4 nitrogen and oxygen atoms in total. The van der Waals surface area contributed by atoms with Gasteiger partial charge in [-0.2, -0.15) is 14.3 Å². The zero-order valence-corrected chi connectivity index (χ0v) is 18.3. The molecule has 1 aromatic heterocycles. The Morgan fingerprint density at radius 1 is 0.957 bits per heavy atom. The van der Waals surface area contributed by atoms with Crippen LogP contribution in [0.25, 0.3) is 11.0 Å². The first kappa shape index (κ1) is 20.8. The molecule has 23 heavy (non-hydrogen) atoms. The third-order valence-electron chi connectivity index (χ3n) is 4.70. The fraction of sp³-hybridized carbons (Fsp3) is 0.588. The van der Waals surface area contributed by atoms with Gasteiger partial charge in [0.25, 0.3) is 5.57 Å². The summed E-state index contributed by atoms with van der Waals surface area (Å²) in [4.78, 5) is 5.05. The van der Waals surface area contributed by atoms with E-state index in [2.05, 4.69) is 79.6 Å². The van der Waals surface area contributed by atoms with E-state index in [9.17, 15) is 0 Å². The first-order valence-electron chi connectivity index (χ1n) is 8.33. The number of benzene rings is 1. The maximum absolute atomic E-state index is 5.05. The molecule has 0 aliphatic rings. The first-order valence-corrected chi connectivity index (χ1v) is 10.5. The third kappa shape index (κ3) is 3.58. The Balaban J connectivity index is 0.00000264. The molecule has 0 aliphatic carbocycles. The van der Waals surface area contributed by atoms with Gasteiger partial charge in [0.05, 0.1) is 17.7 Å². The lowest BCUT2D eigenvalue weighted by Gasteiger charge is -2.37. The lowest BCUT2D eigenvalue weighted by Crippen LogP contribution is -3.00. The fourth-order valence-electron chi connectivity index (χ4n) is 3.49.